The van der Waals surface area contributed by atoms with Gasteiger partial charge in [0.05, 0.1) is 18.3 Å². The van der Waals surface area contributed by atoms with Crippen LogP contribution in [0.5, 0.6) is 0 Å². The zero-order chi connectivity index (χ0) is 25.9. The quantitative estimate of drug-likeness (QED) is 0.434. The van der Waals surface area contributed by atoms with Crippen molar-refractivity contribution < 1.29 is 22.7 Å². The van der Waals surface area contributed by atoms with Gasteiger partial charge in [-0.3, -0.25) is 14.4 Å². The predicted molar refractivity (Wildman–Crippen MR) is 131 cm³/mol. The smallest absolute Gasteiger partial charge is 0.368 e. The molecule has 1 aliphatic heterocycles. The van der Waals surface area contributed by atoms with Crippen LogP contribution in [0.1, 0.15) is 39.0 Å². The molecule has 3 aromatic rings. The van der Waals surface area contributed by atoms with Crippen LogP contribution in [-0.4, -0.2) is 58.2 Å². The Morgan fingerprint density at radius 1 is 1.06 bits per heavy atom. The minimum absolute atomic E-state index is 0.0776. The van der Waals surface area contributed by atoms with Crippen LogP contribution < -0.4 is 0 Å². The Morgan fingerprint density at radius 2 is 1.69 bits per heavy atom. The lowest BCUT2D eigenvalue weighted by molar-refractivity contribution is -0.137. The number of hydrogen-bond donors (Lipinski definition) is 0. The maximum absolute atomic E-state index is 12.9. The van der Waals surface area contributed by atoms with Crippen LogP contribution in [0.4, 0.5) is 13.2 Å². The summed E-state index contributed by atoms with van der Waals surface area (Å²) in [5.74, 6) is -0.0776. The van der Waals surface area contributed by atoms with Gasteiger partial charge in [-0.05, 0) is 48.4 Å². The highest BCUT2D eigenvalue weighted by atomic mass is 35.5. The summed E-state index contributed by atoms with van der Waals surface area (Å²) in [5, 5.41) is 4.90. The first kappa shape index (κ1) is 26.2. The highest BCUT2D eigenvalue weighted by Gasteiger charge is 2.30. The summed E-state index contributed by atoms with van der Waals surface area (Å²) in [7, 11) is 1.81. The van der Waals surface area contributed by atoms with E-state index in [9.17, 15) is 18.0 Å². The van der Waals surface area contributed by atoms with E-state index in [0.29, 0.717) is 49.0 Å². The number of carbonyl (C=O) groups excluding carboxylic acids is 1. The van der Waals surface area contributed by atoms with Gasteiger partial charge >= 0.3 is 6.18 Å². The number of benzene rings is 2. The third-order valence-corrected chi connectivity index (χ3v) is 6.64. The molecule has 36 heavy (non-hydrogen) atoms. The van der Waals surface area contributed by atoms with Gasteiger partial charge in [-0.25, -0.2) is 0 Å². The second-order valence-electron chi connectivity index (χ2n) is 8.93. The summed E-state index contributed by atoms with van der Waals surface area (Å²) in [4.78, 5) is 16.8. The number of piperazine rings is 1. The molecule has 6 nitrogen and oxygen atoms in total. The van der Waals surface area contributed by atoms with Gasteiger partial charge in [0.15, 0.2) is 5.69 Å². The lowest BCUT2D eigenvalue weighted by Gasteiger charge is -2.36. The molecule has 0 unspecified atom stereocenters. The molecule has 1 fully saturated rings. The van der Waals surface area contributed by atoms with Crippen LogP contribution in [-0.2, 0) is 24.6 Å². The Labute approximate surface area is 213 Å². The van der Waals surface area contributed by atoms with Crippen LogP contribution in [0.15, 0.2) is 54.6 Å². The van der Waals surface area contributed by atoms with Gasteiger partial charge in [0.1, 0.15) is 0 Å². The maximum atomic E-state index is 12.9. The minimum atomic E-state index is -4.37. The van der Waals surface area contributed by atoms with E-state index in [1.54, 1.807) is 27.8 Å². The number of halogens is 4. The molecule has 0 saturated carbocycles. The third kappa shape index (κ3) is 6.46. The summed E-state index contributed by atoms with van der Waals surface area (Å²) in [6, 6.07) is 14.2. The normalized spacial score (nSPS) is 15.8. The van der Waals surface area contributed by atoms with E-state index in [0.717, 1.165) is 23.4 Å². The summed E-state index contributed by atoms with van der Waals surface area (Å²) < 4.78 is 46.5. The van der Waals surface area contributed by atoms with Gasteiger partial charge in [0, 0.05) is 50.5 Å². The van der Waals surface area contributed by atoms with Crippen LogP contribution >= 0.6 is 11.6 Å². The minimum Gasteiger partial charge on any atom is -0.368 e. The molecule has 0 N–H and O–H groups in total. The van der Waals surface area contributed by atoms with Crippen molar-refractivity contribution in [2.24, 2.45) is 7.05 Å². The molecule has 2 aromatic carbocycles. The molecule has 0 aliphatic carbocycles. The maximum Gasteiger partial charge on any atom is 0.416 e. The molecule has 1 aliphatic rings. The van der Waals surface area contributed by atoms with E-state index in [1.165, 1.54) is 12.1 Å². The number of hydrogen-bond acceptors (Lipinski definition) is 4. The lowest BCUT2D eigenvalue weighted by atomic mass is 10.1. The standard InChI is InChI=1S/C26H28ClF3N4O2/c1-18-15-23(31-32(18)2)25(35)34-13-11-33(12-14-34)16-24(20-5-9-22(27)10-6-20)36-17-19-3-7-21(8-4-19)26(28,29)30/h3-10,15,24H,11-14,16-17H2,1-2H3/t24-/m0/s1. The van der Waals surface area contributed by atoms with Gasteiger partial charge in [0.2, 0.25) is 0 Å². The number of amides is 1. The van der Waals surface area contributed by atoms with E-state index >= 15 is 0 Å². The van der Waals surface area contributed by atoms with E-state index < -0.39 is 11.7 Å². The first-order chi connectivity index (χ1) is 17.1. The van der Waals surface area contributed by atoms with Gasteiger partial charge < -0.3 is 9.64 Å². The first-order valence-electron chi connectivity index (χ1n) is 11.7. The Bertz CT molecular complexity index is 1150. The Hall–Kier alpha value is -2.88. The first-order valence-corrected chi connectivity index (χ1v) is 12.0. The van der Waals surface area contributed by atoms with Crippen LogP contribution in [0.3, 0.4) is 0 Å². The Balaban J connectivity index is 1.38. The second kappa shape index (κ2) is 11.0. The number of alkyl halides is 3. The Morgan fingerprint density at radius 3 is 2.25 bits per heavy atom. The third-order valence-electron chi connectivity index (χ3n) is 6.39. The molecule has 0 bridgehead atoms. The fraction of sp³-hybridized carbons (Fsp3) is 0.385. The van der Waals surface area contributed by atoms with Gasteiger partial charge in [-0.1, -0.05) is 35.9 Å². The molecule has 10 heteroatoms. The molecular weight excluding hydrogens is 493 g/mol. The zero-order valence-electron chi connectivity index (χ0n) is 20.1. The SMILES string of the molecule is Cc1cc(C(=O)N2CCN(C[C@H](OCc3ccc(C(F)(F)F)cc3)c3ccc(Cl)cc3)CC2)nn1C. The van der Waals surface area contributed by atoms with Crippen molar-refractivity contribution in [1.82, 2.24) is 19.6 Å². The van der Waals surface area contributed by atoms with Crippen LogP contribution in [0.25, 0.3) is 0 Å². The van der Waals surface area contributed by atoms with Crippen molar-refractivity contribution in [3.05, 3.63) is 87.7 Å². The lowest BCUT2D eigenvalue weighted by Crippen LogP contribution is -2.49. The van der Waals surface area contributed by atoms with Crippen molar-refractivity contribution in [2.45, 2.75) is 25.8 Å². The molecule has 1 saturated heterocycles. The summed E-state index contributed by atoms with van der Waals surface area (Å²) in [6.45, 7) is 5.14. The number of nitrogens with zero attached hydrogens (tertiary/aromatic N) is 4. The van der Waals surface area contributed by atoms with Gasteiger partial charge in [-0.15, -0.1) is 0 Å². The average Bonchev–Trinajstić information content (AvgIpc) is 3.20. The van der Waals surface area contributed by atoms with E-state index in [4.69, 9.17) is 16.3 Å². The number of carbonyl (C=O) groups is 1. The fourth-order valence-corrected chi connectivity index (χ4v) is 4.24. The van der Waals surface area contributed by atoms with Crippen LogP contribution in [0.2, 0.25) is 5.02 Å². The van der Waals surface area contributed by atoms with Crippen molar-refractivity contribution in [1.29, 1.82) is 0 Å². The summed E-state index contributed by atoms with van der Waals surface area (Å²) in [5.41, 5.74) is 2.26. The van der Waals surface area contributed by atoms with Gasteiger partial charge in [-0.2, -0.15) is 18.3 Å². The van der Waals surface area contributed by atoms with Crippen molar-refractivity contribution >= 4 is 17.5 Å². The molecule has 192 valence electrons. The van der Waals surface area contributed by atoms with Crippen molar-refractivity contribution in [2.75, 3.05) is 32.7 Å². The Kier molecular flexibility index (Phi) is 8.02. The number of aryl methyl sites for hydroxylation is 2. The summed E-state index contributed by atoms with van der Waals surface area (Å²) >= 11 is 6.05. The molecule has 0 radical (unpaired) electrons. The molecule has 2 heterocycles. The van der Waals surface area contributed by atoms with Gasteiger partial charge in [0.25, 0.3) is 5.91 Å². The van der Waals surface area contributed by atoms with Crippen LogP contribution in [0, 0.1) is 6.92 Å². The predicted octanol–water partition coefficient (Wildman–Crippen LogP) is 5.12. The molecular formula is C26H28ClF3N4O2. The number of ether oxygens (including phenoxy) is 1. The monoisotopic (exact) mass is 520 g/mol. The number of rotatable bonds is 7. The van der Waals surface area contributed by atoms with E-state index in [2.05, 4.69) is 10.00 Å². The second-order valence-corrected chi connectivity index (χ2v) is 9.37. The molecule has 0 spiro atoms. The average molecular weight is 521 g/mol. The zero-order valence-corrected chi connectivity index (χ0v) is 20.9. The van der Waals surface area contributed by atoms with E-state index in [-0.39, 0.29) is 18.6 Å². The topological polar surface area (TPSA) is 50.6 Å². The van der Waals surface area contributed by atoms with E-state index in [1.807, 2.05) is 26.1 Å². The number of aromatic nitrogens is 2. The fourth-order valence-electron chi connectivity index (χ4n) is 4.11. The van der Waals surface area contributed by atoms with Crippen molar-refractivity contribution in [3.63, 3.8) is 0 Å². The molecule has 1 aromatic heterocycles. The molecule has 4 rings (SSSR count). The molecule has 1 amide bonds. The van der Waals surface area contributed by atoms with Crippen molar-refractivity contribution in [3.8, 4) is 0 Å². The largest absolute Gasteiger partial charge is 0.416 e. The highest BCUT2D eigenvalue weighted by Crippen LogP contribution is 2.30. The molecule has 1 atom stereocenters. The highest BCUT2D eigenvalue weighted by molar-refractivity contribution is 6.30. The summed E-state index contributed by atoms with van der Waals surface area (Å²) in [6.07, 6.45) is -4.69.